The summed E-state index contributed by atoms with van der Waals surface area (Å²) >= 11 is 0. The molecule has 3 N–H and O–H groups in total. The van der Waals surface area contributed by atoms with Gasteiger partial charge in [-0.3, -0.25) is 5.84 Å². The van der Waals surface area contributed by atoms with Crippen LogP contribution in [0.4, 0.5) is 5.69 Å². The molecule has 1 aromatic heterocycles. The highest BCUT2D eigenvalue weighted by atomic mass is 16.3. The molecule has 0 atom stereocenters. The van der Waals surface area contributed by atoms with Crippen molar-refractivity contribution in [1.82, 2.24) is 4.98 Å². The Morgan fingerprint density at radius 2 is 2.31 bits per heavy atom. The van der Waals surface area contributed by atoms with Crippen molar-refractivity contribution >= 4 is 5.69 Å². The van der Waals surface area contributed by atoms with Gasteiger partial charge in [-0.25, -0.2) is 4.98 Å². The number of anilines is 1. The van der Waals surface area contributed by atoms with Crippen LogP contribution in [-0.2, 0) is 0 Å². The van der Waals surface area contributed by atoms with Crippen LogP contribution in [0.3, 0.4) is 0 Å². The van der Waals surface area contributed by atoms with Crippen molar-refractivity contribution in [3.05, 3.63) is 36.9 Å². The Morgan fingerprint density at radius 3 is 3.00 bits per heavy atom. The number of nitrogen functional groups attached to an aromatic ring is 1. The molecule has 1 aromatic carbocycles. The number of nitrogens with one attached hydrogen (secondary N) is 1. The van der Waals surface area contributed by atoms with Gasteiger partial charge in [-0.2, -0.15) is 0 Å². The number of oxazole rings is 1. The molecule has 2 rings (SSSR count). The van der Waals surface area contributed by atoms with E-state index in [1.54, 1.807) is 6.20 Å². The van der Waals surface area contributed by atoms with Crippen molar-refractivity contribution in [1.29, 1.82) is 0 Å². The molecule has 0 amide bonds. The molecular formula is C9H9N3O. The van der Waals surface area contributed by atoms with Gasteiger partial charge in [-0.05, 0) is 12.1 Å². The fourth-order valence-electron chi connectivity index (χ4n) is 1.12. The van der Waals surface area contributed by atoms with Crippen molar-refractivity contribution in [2.75, 3.05) is 5.43 Å². The Balaban J connectivity index is 2.41. The number of benzene rings is 1. The van der Waals surface area contributed by atoms with Crippen molar-refractivity contribution in [3.63, 3.8) is 0 Å². The van der Waals surface area contributed by atoms with Crippen molar-refractivity contribution in [2.45, 2.75) is 0 Å². The zero-order valence-corrected chi connectivity index (χ0v) is 6.90. The molecule has 66 valence electrons. The van der Waals surface area contributed by atoms with Crippen molar-refractivity contribution in [2.24, 2.45) is 5.84 Å². The number of rotatable bonds is 2. The van der Waals surface area contributed by atoms with E-state index in [0.717, 1.165) is 17.0 Å². The highest BCUT2D eigenvalue weighted by Gasteiger charge is 2.00. The molecular weight excluding hydrogens is 166 g/mol. The van der Waals surface area contributed by atoms with E-state index in [-0.39, 0.29) is 0 Å². The minimum atomic E-state index is 0.733. The summed E-state index contributed by atoms with van der Waals surface area (Å²) < 4.78 is 5.14. The van der Waals surface area contributed by atoms with Crippen LogP contribution in [0.1, 0.15) is 0 Å². The number of hydrogen-bond donors (Lipinski definition) is 2. The molecule has 13 heavy (non-hydrogen) atoms. The minimum absolute atomic E-state index is 0.733. The van der Waals surface area contributed by atoms with Gasteiger partial charge in [0.1, 0.15) is 0 Å². The van der Waals surface area contributed by atoms with Gasteiger partial charge in [-0.1, -0.05) is 12.1 Å². The summed E-state index contributed by atoms with van der Waals surface area (Å²) in [5, 5.41) is 0. The van der Waals surface area contributed by atoms with E-state index in [1.807, 2.05) is 24.3 Å². The zero-order valence-electron chi connectivity index (χ0n) is 6.90. The number of nitrogens with two attached hydrogens (primary N) is 1. The van der Waals surface area contributed by atoms with Gasteiger partial charge in [0.2, 0.25) is 0 Å². The van der Waals surface area contributed by atoms with Crippen molar-refractivity contribution in [3.8, 4) is 11.3 Å². The second-order valence-corrected chi connectivity index (χ2v) is 2.59. The molecule has 2 aromatic rings. The van der Waals surface area contributed by atoms with Gasteiger partial charge in [0.15, 0.2) is 12.2 Å². The Morgan fingerprint density at radius 1 is 1.38 bits per heavy atom. The molecule has 0 saturated carbocycles. The fourth-order valence-corrected chi connectivity index (χ4v) is 1.12. The predicted octanol–water partition coefficient (Wildman–Crippen LogP) is 1.63. The molecule has 0 saturated heterocycles. The standard InChI is InChI=1S/C9H9N3O/c10-12-8-3-1-2-7(4-8)9-5-11-6-13-9/h1-6,12H,10H2. The topological polar surface area (TPSA) is 64.1 Å². The second kappa shape index (κ2) is 3.28. The summed E-state index contributed by atoms with van der Waals surface area (Å²) in [6.07, 6.45) is 3.06. The first-order chi connectivity index (χ1) is 6.40. The fraction of sp³-hybridized carbons (Fsp3) is 0. The maximum absolute atomic E-state index is 5.28. The highest BCUT2D eigenvalue weighted by Crippen LogP contribution is 2.21. The molecule has 0 aliphatic rings. The third kappa shape index (κ3) is 1.52. The molecule has 4 nitrogen and oxygen atoms in total. The third-order valence-electron chi connectivity index (χ3n) is 1.75. The van der Waals surface area contributed by atoms with E-state index >= 15 is 0 Å². The van der Waals surface area contributed by atoms with E-state index in [1.165, 1.54) is 6.39 Å². The molecule has 0 spiro atoms. The molecule has 0 aliphatic heterocycles. The van der Waals surface area contributed by atoms with Crippen LogP contribution in [0.5, 0.6) is 0 Å². The van der Waals surface area contributed by atoms with Crippen LogP contribution >= 0.6 is 0 Å². The summed E-state index contributed by atoms with van der Waals surface area (Å²) in [6, 6.07) is 7.59. The summed E-state index contributed by atoms with van der Waals surface area (Å²) in [5.41, 5.74) is 4.36. The number of nitrogens with zero attached hydrogens (tertiary/aromatic N) is 1. The van der Waals surface area contributed by atoms with Gasteiger partial charge < -0.3 is 9.84 Å². The largest absolute Gasteiger partial charge is 0.444 e. The van der Waals surface area contributed by atoms with E-state index in [0.29, 0.717) is 0 Å². The smallest absolute Gasteiger partial charge is 0.181 e. The van der Waals surface area contributed by atoms with Crippen LogP contribution in [0.15, 0.2) is 41.3 Å². The quantitative estimate of drug-likeness (QED) is 0.537. The van der Waals surface area contributed by atoms with Crippen LogP contribution in [0, 0.1) is 0 Å². The van der Waals surface area contributed by atoms with Gasteiger partial charge in [0, 0.05) is 11.3 Å². The van der Waals surface area contributed by atoms with Crippen LogP contribution in [0.2, 0.25) is 0 Å². The average Bonchev–Trinajstić information content (AvgIpc) is 2.71. The second-order valence-electron chi connectivity index (χ2n) is 2.59. The van der Waals surface area contributed by atoms with Crippen molar-refractivity contribution < 1.29 is 4.42 Å². The third-order valence-corrected chi connectivity index (χ3v) is 1.75. The molecule has 1 heterocycles. The number of hydrogen-bond acceptors (Lipinski definition) is 4. The van der Waals surface area contributed by atoms with Gasteiger partial charge >= 0.3 is 0 Å². The van der Waals surface area contributed by atoms with Crippen LogP contribution in [0.25, 0.3) is 11.3 Å². The molecule has 4 heteroatoms. The highest BCUT2D eigenvalue weighted by molar-refractivity contribution is 5.62. The summed E-state index contributed by atoms with van der Waals surface area (Å²) in [4.78, 5) is 3.84. The SMILES string of the molecule is NNc1cccc(-c2cnco2)c1. The molecule has 0 bridgehead atoms. The Kier molecular flexibility index (Phi) is 1.97. The Bertz CT molecular complexity index is 384. The first-order valence-electron chi connectivity index (χ1n) is 3.85. The molecule has 0 fully saturated rings. The van der Waals surface area contributed by atoms with E-state index in [4.69, 9.17) is 10.3 Å². The average molecular weight is 175 g/mol. The first kappa shape index (κ1) is 7.82. The van der Waals surface area contributed by atoms with E-state index < -0.39 is 0 Å². The van der Waals surface area contributed by atoms with Crippen LogP contribution in [-0.4, -0.2) is 4.98 Å². The molecule has 0 aliphatic carbocycles. The summed E-state index contributed by atoms with van der Waals surface area (Å²) in [6.45, 7) is 0. The maximum atomic E-state index is 5.28. The molecule has 0 unspecified atom stereocenters. The number of aromatic nitrogens is 1. The lowest BCUT2D eigenvalue weighted by Crippen LogP contribution is -2.06. The van der Waals surface area contributed by atoms with Gasteiger partial charge in [0.25, 0.3) is 0 Å². The van der Waals surface area contributed by atoms with E-state index in [9.17, 15) is 0 Å². The summed E-state index contributed by atoms with van der Waals surface area (Å²) in [5.74, 6) is 6.01. The molecule has 0 radical (unpaired) electrons. The number of hydrazine groups is 1. The van der Waals surface area contributed by atoms with Gasteiger partial charge in [-0.15, -0.1) is 0 Å². The minimum Gasteiger partial charge on any atom is -0.444 e. The summed E-state index contributed by atoms with van der Waals surface area (Å²) in [7, 11) is 0. The zero-order chi connectivity index (χ0) is 9.10. The predicted molar refractivity (Wildman–Crippen MR) is 49.7 cm³/mol. The lowest BCUT2D eigenvalue weighted by atomic mass is 10.2. The Hall–Kier alpha value is -1.81. The Labute approximate surface area is 75.4 Å². The monoisotopic (exact) mass is 175 g/mol. The van der Waals surface area contributed by atoms with E-state index in [2.05, 4.69) is 10.4 Å². The van der Waals surface area contributed by atoms with Crippen LogP contribution < -0.4 is 11.3 Å². The van der Waals surface area contributed by atoms with Gasteiger partial charge in [0.05, 0.1) is 6.20 Å². The lowest BCUT2D eigenvalue weighted by molar-refractivity contribution is 0.572. The first-order valence-corrected chi connectivity index (χ1v) is 3.85. The maximum Gasteiger partial charge on any atom is 0.181 e. The lowest BCUT2D eigenvalue weighted by Gasteiger charge is -2.00. The normalized spacial score (nSPS) is 9.92.